The van der Waals surface area contributed by atoms with Crippen molar-refractivity contribution in [3.8, 4) is 0 Å². The van der Waals surface area contributed by atoms with E-state index in [4.69, 9.17) is 15.4 Å². The highest BCUT2D eigenvalue weighted by Crippen LogP contribution is 2.24. The van der Waals surface area contributed by atoms with Crippen molar-refractivity contribution >= 4 is 0 Å². The van der Waals surface area contributed by atoms with Crippen LogP contribution < -0.4 is 0 Å². The van der Waals surface area contributed by atoms with Crippen LogP contribution in [0.5, 0.6) is 0 Å². The van der Waals surface area contributed by atoms with E-state index < -0.39 is 30.6 Å². The van der Waals surface area contributed by atoms with E-state index in [0.717, 1.165) is 0 Å². The van der Waals surface area contributed by atoms with Crippen LogP contribution in [0.2, 0.25) is 0 Å². The van der Waals surface area contributed by atoms with Crippen LogP contribution in [0.3, 0.4) is 0 Å². The SMILES string of the molecule is [N-]=[N+]=N[C@H]1CO[C@](O)(CO)[C@@H](O)[C@@H]1O. The van der Waals surface area contributed by atoms with Crippen molar-refractivity contribution in [2.24, 2.45) is 5.11 Å². The third kappa shape index (κ3) is 1.80. The molecule has 0 saturated carbocycles. The molecule has 80 valence electrons. The highest BCUT2D eigenvalue weighted by molar-refractivity contribution is 4.94. The second kappa shape index (κ2) is 4.09. The van der Waals surface area contributed by atoms with E-state index in [1.165, 1.54) is 0 Å². The van der Waals surface area contributed by atoms with Gasteiger partial charge in [-0.25, -0.2) is 0 Å². The molecular weight excluding hydrogens is 194 g/mol. The minimum absolute atomic E-state index is 0.265. The summed E-state index contributed by atoms with van der Waals surface area (Å²) in [4.78, 5) is 2.45. The summed E-state index contributed by atoms with van der Waals surface area (Å²) in [5.41, 5.74) is 8.11. The summed E-state index contributed by atoms with van der Waals surface area (Å²) < 4.78 is 4.69. The second-order valence-corrected chi connectivity index (χ2v) is 3.02. The maximum Gasteiger partial charge on any atom is 0.218 e. The first-order valence-corrected chi connectivity index (χ1v) is 3.92. The number of nitrogens with zero attached hydrogens (tertiary/aromatic N) is 3. The summed E-state index contributed by atoms with van der Waals surface area (Å²) >= 11 is 0. The number of aliphatic hydroxyl groups is 4. The molecule has 0 aromatic rings. The quantitative estimate of drug-likeness (QED) is 0.237. The monoisotopic (exact) mass is 205 g/mol. The minimum Gasteiger partial charge on any atom is -0.391 e. The van der Waals surface area contributed by atoms with E-state index in [1.807, 2.05) is 0 Å². The van der Waals surface area contributed by atoms with E-state index in [0.29, 0.717) is 0 Å². The molecular formula is C6H11N3O5. The van der Waals surface area contributed by atoms with Crippen molar-refractivity contribution in [2.45, 2.75) is 24.0 Å². The zero-order valence-corrected chi connectivity index (χ0v) is 7.19. The van der Waals surface area contributed by atoms with Crippen LogP contribution in [-0.2, 0) is 4.74 Å². The summed E-state index contributed by atoms with van der Waals surface area (Å²) in [6.07, 6.45) is -3.17. The number of azide groups is 1. The molecule has 0 radical (unpaired) electrons. The van der Waals surface area contributed by atoms with Gasteiger partial charge in [0, 0.05) is 4.91 Å². The Kier molecular flexibility index (Phi) is 3.27. The van der Waals surface area contributed by atoms with Gasteiger partial charge in [0.15, 0.2) is 0 Å². The van der Waals surface area contributed by atoms with Crippen molar-refractivity contribution in [2.75, 3.05) is 13.2 Å². The van der Waals surface area contributed by atoms with Crippen molar-refractivity contribution in [3.05, 3.63) is 10.4 Å². The number of hydrogen-bond donors (Lipinski definition) is 4. The number of hydrogen-bond acceptors (Lipinski definition) is 6. The van der Waals surface area contributed by atoms with Gasteiger partial charge < -0.3 is 25.2 Å². The summed E-state index contributed by atoms with van der Waals surface area (Å²) in [6.45, 7) is -1.12. The van der Waals surface area contributed by atoms with Crippen LogP contribution in [0, 0.1) is 0 Å². The molecule has 1 saturated heterocycles. The molecule has 1 heterocycles. The highest BCUT2D eigenvalue weighted by atomic mass is 16.7. The van der Waals surface area contributed by atoms with Crippen LogP contribution in [0.15, 0.2) is 5.11 Å². The Morgan fingerprint density at radius 3 is 2.71 bits per heavy atom. The van der Waals surface area contributed by atoms with Gasteiger partial charge in [-0.2, -0.15) is 0 Å². The van der Waals surface area contributed by atoms with Crippen LogP contribution in [0.25, 0.3) is 10.4 Å². The largest absolute Gasteiger partial charge is 0.391 e. The van der Waals surface area contributed by atoms with Gasteiger partial charge in [-0.15, -0.1) is 0 Å². The van der Waals surface area contributed by atoms with Gasteiger partial charge in [0.25, 0.3) is 0 Å². The molecule has 1 rings (SSSR count). The van der Waals surface area contributed by atoms with Crippen molar-refractivity contribution < 1.29 is 25.2 Å². The fraction of sp³-hybridized carbons (Fsp3) is 1.00. The average molecular weight is 205 g/mol. The molecule has 4 N–H and O–H groups in total. The summed E-state index contributed by atoms with van der Waals surface area (Å²) in [6, 6.07) is -0.971. The van der Waals surface area contributed by atoms with Gasteiger partial charge in [-0.1, -0.05) is 5.11 Å². The van der Waals surface area contributed by atoms with Crippen molar-refractivity contribution in [3.63, 3.8) is 0 Å². The van der Waals surface area contributed by atoms with Crippen LogP contribution in [0.1, 0.15) is 0 Å². The fourth-order valence-corrected chi connectivity index (χ4v) is 1.20. The van der Waals surface area contributed by atoms with Crippen LogP contribution in [0.4, 0.5) is 0 Å². The molecule has 1 aliphatic heterocycles. The predicted molar refractivity (Wildman–Crippen MR) is 42.9 cm³/mol. The Labute approximate surface area is 79.0 Å². The van der Waals surface area contributed by atoms with E-state index >= 15 is 0 Å². The molecule has 8 nitrogen and oxygen atoms in total. The normalized spacial score (nSPS) is 43.0. The smallest absolute Gasteiger partial charge is 0.218 e. The predicted octanol–water partition coefficient (Wildman–Crippen LogP) is -1.90. The standard InChI is InChI=1S/C6H11N3O5/c7-9-8-3-1-14-6(13,2-10)5(12)4(3)11/h3-5,10-13H,1-2H2/t3-,4+,5-,6+/m0/s1. The Bertz CT molecular complexity index is 256. The molecule has 0 aromatic carbocycles. The van der Waals surface area contributed by atoms with Crippen LogP contribution >= 0.6 is 0 Å². The van der Waals surface area contributed by atoms with Crippen molar-refractivity contribution in [1.82, 2.24) is 0 Å². The third-order valence-corrected chi connectivity index (χ3v) is 2.11. The van der Waals surface area contributed by atoms with Gasteiger partial charge >= 0.3 is 0 Å². The first-order chi connectivity index (χ1) is 6.55. The minimum atomic E-state index is -2.19. The molecule has 0 spiro atoms. The number of aliphatic hydroxyl groups excluding tert-OH is 3. The maximum atomic E-state index is 9.39. The Balaban J connectivity index is 2.78. The van der Waals surface area contributed by atoms with E-state index in [9.17, 15) is 15.3 Å². The molecule has 8 heteroatoms. The molecule has 0 aliphatic carbocycles. The first-order valence-electron chi connectivity index (χ1n) is 3.92. The fourth-order valence-electron chi connectivity index (χ4n) is 1.20. The molecule has 0 bridgehead atoms. The van der Waals surface area contributed by atoms with E-state index in [2.05, 4.69) is 10.0 Å². The van der Waals surface area contributed by atoms with Gasteiger partial charge in [0.1, 0.15) is 6.10 Å². The zero-order valence-electron chi connectivity index (χ0n) is 7.19. The highest BCUT2D eigenvalue weighted by Gasteiger charge is 2.48. The Hall–Kier alpha value is -0.890. The Morgan fingerprint density at radius 1 is 1.57 bits per heavy atom. The van der Waals surface area contributed by atoms with Gasteiger partial charge in [-0.05, 0) is 5.53 Å². The van der Waals surface area contributed by atoms with Gasteiger partial charge in [0.05, 0.1) is 25.4 Å². The molecule has 1 aliphatic rings. The lowest BCUT2D eigenvalue weighted by molar-refractivity contribution is -0.315. The second-order valence-electron chi connectivity index (χ2n) is 3.02. The maximum absolute atomic E-state index is 9.39. The van der Waals surface area contributed by atoms with Crippen LogP contribution in [-0.4, -0.2) is 57.7 Å². The molecule has 1 fully saturated rings. The molecule has 4 atom stereocenters. The topological polar surface area (TPSA) is 139 Å². The Morgan fingerprint density at radius 2 is 2.21 bits per heavy atom. The molecule has 0 aromatic heterocycles. The summed E-state index contributed by atoms with van der Waals surface area (Å²) in [5, 5.41) is 40.0. The van der Waals surface area contributed by atoms with Gasteiger partial charge in [-0.3, -0.25) is 0 Å². The molecule has 0 amide bonds. The lowest BCUT2D eigenvalue weighted by Gasteiger charge is -2.40. The van der Waals surface area contributed by atoms with E-state index in [1.54, 1.807) is 0 Å². The summed E-state index contributed by atoms with van der Waals surface area (Å²) in [5.74, 6) is -2.19. The number of ether oxygens (including phenoxy) is 1. The molecule has 14 heavy (non-hydrogen) atoms. The van der Waals surface area contributed by atoms with Crippen molar-refractivity contribution in [1.29, 1.82) is 0 Å². The van der Waals surface area contributed by atoms with Gasteiger partial charge in [0.2, 0.25) is 5.79 Å². The third-order valence-electron chi connectivity index (χ3n) is 2.11. The lowest BCUT2D eigenvalue weighted by Crippen LogP contribution is -2.62. The average Bonchev–Trinajstić information content (AvgIpc) is 2.19. The lowest BCUT2D eigenvalue weighted by atomic mass is 9.96. The van der Waals surface area contributed by atoms with E-state index in [-0.39, 0.29) is 6.61 Å². The summed E-state index contributed by atoms with van der Waals surface area (Å²) in [7, 11) is 0. The number of rotatable bonds is 2. The zero-order chi connectivity index (χ0) is 10.8. The first kappa shape index (κ1) is 11.2. The molecule has 0 unspecified atom stereocenters.